The van der Waals surface area contributed by atoms with E-state index < -0.39 is 0 Å². The number of fused-ring (bicyclic) bond motifs is 1. The highest BCUT2D eigenvalue weighted by atomic mass is 15.5. The van der Waals surface area contributed by atoms with Gasteiger partial charge in [-0.05, 0) is 48.7 Å². The largest absolute Gasteiger partial charge is 0.370 e. The van der Waals surface area contributed by atoms with E-state index in [1.165, 1.54) is 5.56 Å². The summed E-state index contributed by atoms with van der Waals surface area (Å²) in [5.74, 6) is -0.147. The molecule has 0 aliphatic heterocycles. The molecule has 8 nitrogen and oxygen atoms in total. The van der Waals surface area contributed by atoms with E-state index in [0.717, 1.165) is 23.2 Å². The van der Waals surface area contributed by atoms with Crippen LogP contribution in [0.25, 0.3) is 16.7 Å². The molecule has 0 spiro atoms. The zero-order chi connectivity index (χ0) is 18.0. The number of aryl methyl sites for hydroxylation is 2. The van der Waals surface area contributed by atoms with Crippen molar-refractivity contribution in [1.82, 2.24) is 15.0 Å². The predicted octanol–water partition coefficient (Wildman–Crippen LogP) is 1.51. The lowest BCUT2D eigenvalue weighted by Crippen LogP contribution is -2.26. The maximum absolute atomic E-state index is 5.70. The van der Waals surface area contributed by atoms with Crippen molar-refractivity contribution in [3.05, 3.63) is 47.5 Å². The average Bonchev–Trinajstić information content (AvgIpc) is 2.97. The van der Waals surface area contributed by atoms with Crippen LogP contribution in [0.2, 0.25) is 0 Å². The summed E-state index contributed by atoms with van der Waals surface area (Å²) < 4.78 is 0. The summed E-state index contributed by atoms with van der Waals surface area (Å²) in [7, 11) is 0. The lowest BCUT2D eigenvalue weighted by molar-refractivity contribution is 0.765. The second kappa shape index (κ2) is 6.60. The number of aromatic nitrogens is 3. The first-order chi connectivity index (χ1) is 12.0. The number of hydrogen-bond acceptors (Lipinski definition) is 3. The summed E-state index contributed by atoms with van der Waals surface area (Å²) in [4.78, 5) is 9.55. The van der Waals surface area contributed by atoms with Crippen molar-refractivity contribution in [3.63, 3.8) is 0 Å². The molecule has 1 heterocycles. The van der Waals surface area contributed by atoms with Crippen LogP contribution in [0.3, 0.4) is 0 Å². The van der Waals surface area contributed by atoms with Crippen LogP contribution in [0.15, 0.2) is 46.4 Å². The van der Waals surface area contributed by atoms with Gasteiger partial charge in [-0.3, -0.25) is 0 Å². The number of nitrogens with zero attached hydrogens (tertiary/aromatic N) is 5. The molecule has 0 aliphatic rings. The van der Waals surface area contributed by atoms with E-state index in [0.29, 0.717) is 11.2 Å². The second-order valence-electron chi connectivity index (χ2n) is 5.64. The van der Waals surface area contributed by atoms with Crippen LogP contribution in [0, 0.1) is 6.92 Å². The van der Waals surface area contributed by atoms with Crippen LogP contribution in [0.5, 0.6) is 0 Å². The van der Waals surface area contributed by atoms with Crippen molar-refractivity contribution >= 4 is 28.6 Å². The molecular formula is C17H20N8. The Bertz CT molecular complexity index is 962. The molecule has 0 bridgehead atoms. The van der Waals surface area contributed by atoms with Crippen LogP contribution >= 0.6 is 0 Å². The van der Waals surface area contributed by atoms with Gasteiger partial charge in [-0.1, -0.05) is 19.1 Å². The number of nitrogens with two attached hydrogens (primary N) is 3. The monoisotopic (exact) mass is 336 g/mol. The smallest absolute Gasteiger partial charge is 0.223 e. The molecule has 6 N–H and O–H groups in total. The predicted molar refractivity (Wildman–Crippen MR) is 100 cm³/mol. The van der Waals surface area contributed by atoms with Gasteiger partial charge in [-0.15, -0.1) is 10.2 Å². The standard InChI is InChI=1S/C17H20N8/c1-3-11-4-6-12(7-5-11)25-23-14-8-10(2)13(9-15(14)24-25)21-17(20)22-16(18)19/h4-9H,3H2,1-2H3,(H6,18,19,20,21,22). The molecule has 0 radical (unpaired) electrons. The van der Waals surface area contributed by atoms with Crippen LogP contribution in [-0.4, -0.2) is 26.9 Å². The van der Waals surface area contributed by atoms with Gasteiger partial charge in [-0.25, -0.2) is 4.99 Å². The number of rotatable bonds is 3. The molecule has 25 heavy (non-hydrogen) atoms. The molecule has 0 unspecified atom stereocenters. The van der Waals surface area contributed by atoms with Crippen LogP contribution in [0.4, 0.5) is 5.69 Å². The highest BCUT2D eigenvalue weighted by Gasteiger charge is 2.08. The third kappa shape index (κ3) is 3.57. The lowest BCUT2D eigenvalue weighted by atomic mass is 10.2. The van der Waals surface area contributed by atoms with Gasteiger partial charge in [-0.2, -0.15) is 9.79 Å². The molecular weight excluding hydrogens is 316 g/mol. The second-order valence-corrected chi connectivity index (χ2v) is 5.64. The molecule has 0 saturated heterocycles. The number of benzene rings is 2. The van der Waals surface area contributed by atoms with Gasteiger partial charge >= 0.3 is 0 Å². The quantitative estimate of drug-likeness (QED) is 0.492. The summed E-state index contributed by atoms with van der Waals surface area (Å²) in [6, 6.07) is 11.9. The fraction of sp³-hybridized carbons (Fsp3) is 0.176. The molecule has 0 atom stereocenters. The Labute approximate surface area is 145 Å². The maximum atomic E-state index is 5.70. The summed E-state index contributed by atoms with van der Waals surface area (Å²) in [5.41, 5.74) is 21.5. The Morgan fingerprint density at radius 2 is 1.68 bits per heavy atom. The van der Waals surface area contributed by atoms with Gasteiger partial charge in [0.15, 0.2) is 5.96 Å². The molecule has 1 aromatic heterocycles. The summed E-state index contributed by atoms with van der Waals surface area (Å²) >= 11 is 0. The SMILES string of the molecule is CCc1ccc(-n2nc3cc(C)c(N=C(N)N=C(N)N)cc3n2)cc1. The Morgan fingerprint density at radius 1 is 1.04 bits per heavy atom. The molecule has 2 aromatic carbocycles. The zero-order valence-corrected chi connectivity index (χ0v) is 14.1. The topological polar surface area (TPSA) is 133 Å². The van der Waals surface area contributed by atoms with E-state index in [2.05, 4.69) is 39.2 Å². The highest BCUT2D eigenvalue weighted by molar-refractivity contribution is 5.94. The van der Waals surface area contributed by atoms with Crippen molar-refractivity contribution in [2.24, 2.45) is 27.2 Å². The molecule has 128 valence electrons. The van der Waals surface area contributed by atoms with Gasteiger partial charge in [0.25, 0.3) is 0 Å². The van der Waals surface area contributed by atoms with E-state index in [-0.39, 0.29) is 11.9 Å². The lowest BCUT2D eigenvalue weighted by Gasteiger charge is -2.00. The third-order valence-corrected chi connectivity index (χ3v) is 3.75. The number of aliphatic imine (C=N–C) groups is 2. The first kappa shape index (κ1) is 16.4. The van der Waals surface area contributed by atoms with Gasteiger partial charge < -0.3 is 17.2 Å². The number of hydrogen-bond donors (Lipinski definition) is 3. The highest BCUT2D eigenvalue weighted by Crippen LogP contribution is 2.24. The van der Waals surface area contributed by atoms with Gasteiger partial charge in [0, 0.05) is 0 Å². The Hall–Kier alpha value is -3.42. The minimum absolute atomic E-state index is 0.00926. The molecule has 3 rings (SSSR count). The van der Waals surface area contributed by atoms with Crippen LogP contribution < -0.4 is 17.2 Å². The maximum Gasteiger partial charge on any atom is 0.223 e. The van der Waals surface area contributed by atoms with E-state index in [9.17, 15) is 0 Å². The van der Waals surface area contributed by atoms with Crippen LogP contribution in [0.1, 0.15) is 18.1 Å². The molecule has 0 aliphatic carbocycles. The Balaban J connectivity index is 2.02. The van der Waals surface area contributed by atoms with E-state index >= 15 is 0 Å². The Morgan fingerprint density at radius 3 is 2.28 bits per heavy atom. The minimum Gasteiger partial charge on any atom is -0.370 e. The van der Waals surface area contributed by atoms with Crippen molar-refractivity contribution in [1.29, 1.82) is 0 Å². The molecule has 0 fully saturated rings. The van der Waals surface area contributed by atoms with Gasteiger partial charge in [0.05, 0.1) is 11.4 Å². The fourth-order valence-electron chi connectivity index (χ4n) is 2.44. The molecule has 0 saturated carbocycles. The zero-order valence-electron chi connectivity index (χ0n) is 14.1. The summed E-state index contributed by atoms with van der Waals surface area (Å²) in [5, 5.41) is 9.04. The minimum atomic E-state index is -0.138. The van der Waals surface area contributed by atoms with Gasteiger partial charge in [0.1, 0.15) is 11.0 Å². The van der Waals surface area contributed by atoms with E-state index in [1.807, 2.05) is 31.2 Å². The van der Waals surface area contributed by atoms with Crippen LogP contribution in [-0.2, 0) is 6.42 Å². The summed E-state index contributed by atoms with van der Waals surface area (Å²) in [6.07, 6.45) is 0.993. The van der Waals surface area contributed by atoms with Crippen molar-refractivity contribution in [2.45, 2.75) is 20.3 Å². The van der Waals surface area contributed by atoms with E-state index in [4.69, 9.17) is 17.2 Å². The average molecular weight is 336 g/mol. The van der Waals surface area contributed by atoms with Crippen molar-refractivity contribution in [3.8, 4) is 5.69 Å². The first-order valence-electron chi connectivity index (χ1n) is 7.87. The van der Waals surface area contributed by atoms with Crippen molar-refractivity contribution in [2.75, 3.05) is 0 Å². The van der Waals surface area contributed by atoms with E-state index in [1.54, 1.807) is 4.80 Å². The summed E-state index contributed by atoms with van der Waals surface area (Å²) in [6.45, 7) is 4.03. The van der Waals surface area contributed by atoms with Crippen molar-refractivity contribution < 1.29 is 0 Å². The normalized spacial score (nSPS) is 11.7. The van der Waals surface area contributed by atoms with Gasteiger partial charge in [0.2, 0.25) is 5.96 Å². The fourth-order valence-corrected chi connectivity index (χ4v) is 2.44. The molecule has 8 heteroatoms. The third-order valence-electron chi connectivity index (χ3n) is 3.75. The Kier molecular flexibility index (Phi) is 4.34. The number of guanidine groups is 2. The first-order valence-corrected chi connectivity index (χ1v) is 7.87. The molecule has 0 amide bonds. The molecule has 3 aromatic rings.